The van der Waals surface area contributed by atoms with Gasteiger partial charge in [-0.15, -0.1) is 0 Å². The van der Waals surface area contributed by atoms with Crippen LogP contribution in [0.15, 0.2) is 46.3 Å². The lowest BCUT2D eigenvalue weighted by molar-refractivity contribution is -0.118. The van der Waals surface area contributed by atoms with Crippen LogP contribution in [0.1, 0.15) is 66.2 Å². The van der Waals surface area contributed by atoms with Crippen molar-refractivity contribution in [2.75, 3.05) is 0 Å². The number of ketones is 2. The molecule has 0 aromatic heterocycles. The first-order chi connectivity index (χ1) is 10.9. The predicted molar refractivity (Wildman–Crippen MR) is 94.3 cm³/mol. The number of hydrogen-bond acceptors (Lipinski definition) is 3. The second-order valence-corrected chi connectivity index (χ2v) is 6.37. The number of allylic oxidation sites excluding steroid dienone is 7. The van der Waals surface area contributed by atoms with Crippen LogP contribution in [0.4, 0.5) is 0 Å². The summed E-state index contributed by atoms with van der Waals surface area (Å²) in [6.45, 7) is 8.17. The van der Waals surface area contributed by atoms with Crippen molar-refractivity contribution in [2.45, 2.75) is 66.2 Å². The van der Waals surface area contributed by atoms with Crippen LogP contribution < -0.4 is 0 Å². The Labute approximate surface area is 139 Å². The van der Waals surface area contributed by atoms with Gasteiger partial charge in [0.05, 0.1) is 0 Å². The van der Waals surface area contributed by atoms with Crippen molar-refractivity contribution in [3.8, 4) is 0 Å². The predicted octanol–water partition coefficient (Wildman–Crippen LogP) is 5.15. The van der Waals surface area contributed by atoms with Crippen molar-refractivity contribution in [3.05, 3.63) is 46.3 Å². The van der Waals surface area contributed by atoms with E-state index in [4.69, 9.17) is 0 Å². The standard InChI is InChI=1S/C20H28O3/c1-5-6-10-16-13-18(21)17(20(23)19(16)22)12-11-15(4)9-7-8-14(2)3/h8,11,13,23H,5-7,9-10,12H2,1-4H3/b15-11+. The Morgan fingerprint density at radius 2 is 1.87 bits per heavy atom. The topological polar surface area (TPSA) is 54.4 Å². The van der Waals surface area contributed by atoms with Crippen LogP contribution in [0.3, 0.4) is 0 Å². The molecule has 0 aromatic rings. The van der Waals surface area contributed by atoms with Gasteiger partial charge in [-0.2, -0.15) is 0 Å². The highest BCUT2D eigenvalue weighted by Crippen LogP contribution is 2.24. The van der Waals surface area contributed by atoms with Gasteiger partial charge in [0.1, 0.15) is 0 Å². The van der Waals surface area contributed by atoms with E-state index in [-0.39, 0.29) is 22.9 Å². The first-order valence-electron chi connectivity index (χ1n) is 8.37. The third-order valence-corrected chi connectivity index (χ3v) is 3.94. The molecule has 0 aromatic carbocycles. The van der Waals surface area contributed by atoms with Crippen molar-refractivity contribution in [1.82, 2.24) is 0 Å². The maximum Gasteiger partial charge on any atom is 0.223 e. The van der Waals surface area contributed by atoms with Crippen LogP contribution in [-0.4, -0.2) is 16.7 Å². The molecule has 0 saturated carbocycles. The Morgan fingerprint density at radius 3 is 2.48 bits per heavy atom. The first kappa shape index (κ1) is 19.1. The molecule has 0 heterocycles. The highest BCUT2D eigenvalue weighted by molar-refractivity contribution is 6.21. The van der Waals surface area contributed by atoms with E-state index in [1.807, 2.05) is 19.9 Å². The maximum absolute atomic E-state index is 12.2. The minimum absolute atomic E-state index is 0.219. The fourth-order valence-electron chi connectivity index (χ4n) is 2.43. The molecule has 0 aliphatic heterocycles. The fourth-order valence-corrected chi connectivity index (χ4v) is 2.43. The normalized spacial score (nSPS) is 15.8. The number of rotatable bonds is 8. The molecule has 0 atom stereocenters. The third-order valence-electron chi connectivity index (χ3n) is 3.94. The van der Waals surface area contributed by atoms with Crippen molar-refractivity contribution < 1.29 is 14.7 Å². The Kier molecular flexibility index (Phi) is 7.73. The summed E-state index contributed by atoms with van der Waals surface area (Å²) >= 11 is 0. The van der Waals surface area contributed by atoms with Crippen molar-refractivity contribution >= 4 is 11.6 Å². The maximum atomic E-state index is 12.2. The van der Waals surface area contributed by atoms with Gasteiger partial charge in [-0.25, -0.2) is 0 Å². The van der Waals surface area contributed by atoms with Gasteiger partial charge < -0.3 is 5.11 Å². The molecule has 0 unspecified atom stereocenters. The van der Waals surface area contributed by atoms with E-state index >= 15 is 0 Å². The van der Waals surface area contributed by atoms with Gasteiger partial charge in [0, 0.05) is 11.1 Å². The highest BCUT2D eigenvalue weighted by Gasteiger charge is 2.27. The summed E-state index contributed by atoms with van der Waals surface area (Å²) in [6, 6.07) is 0. The molecule has 3 heteroatoms. The molecule has 1 aliphatic rings. The average Bonchev–Trinajstić information content (AvgIpc) is 2.49. The monoisotopic (exact) mass is 316 g/mol. The minimum Gasteiger partial charge on any atom is -0.504 e. The molecule has 0 fully saturated rings. The first-order valence-corrected chi connectivity index (χ1v) is 8.37. The van der Waals surface area contributed by atoms with E-state index in [0.717, 1.165) is 31.3 Å². The Balaban J connectivity index is 2.73. The van der Waals surface area contributed by atoms with Gasteiger partial charge in [-0.1, -0.05) is 36.6 Å². The average molecular weight is 316 g/mol. The highest BCUT2D eigenvalue weighted by atomic mass is 16.3. The zero-order valence-corrected chi connectivity index (χ0v) is 14.7. The van der Waals surface area contributed by atoms with Gasteiger partial charge in [0.25, 0.3) is 0 Å². The van der Waals surface area contributed by atoms with Gasteiger partial charge >= 0.3 is 0 Å². The largest absolute Gasteiger partial charge is 0.504 e. The smallest absolute Gasteiger partial charge is 0.223 e. The van der Waals surface area contributed by atoms with Crippen LogP contribution in [0.5, 0.6) is 0 Å². The summed E-state index contributed by atoms with van der Waals surface area (Å²) in [6.07, 6.45) is 10.0. The Hall–Kier alpha value is -1.90. The zero-order valence-electron chi connectivity index (χ0n) is 14.7. The van der Waals surface area contributed by atoms with Gasteiger partial charge in [-0.3, -0.25) is 9.59 Å². The van der Waals surface area contributed by atoms with Crippen LogP contribution in [0, 0.1) is 0 Å². The molecule has 1 aliphatic carbocycles. The van der Waals surface area contributed by atoms with Crippen LogP contribution in [-0.2, 0) is 9.59 Å². The van der Waals surface area contributed by atoms with E-state index in [1.54, 1.807) is 0 Å². The number of unbranched alkanes of at least 4 members (excludes halogenated alkanes) is 1. The van der Waals surface area contributed by atoms with E-state index in [2.05, 4.69) is 19.9 Å². The molecule has 126 valence electrons. The minimum atomic E-state index is -0.386. The summed E-state index contributed by atoms with van der Waals surface area (Å²) < 4.78 is 0. The quantitative estimate of drug-likeness (QED) is 0.497. The molecule has 0 spiro atoms. The Morgan fingerprint density at radius 1 is 1.17 bits per heavy atom. The molecule has 23 heavy (non-hydrogen) atoms. The van der Waals surface area contributed by atoms with Crippen LogP contribution >= 0.6 is 0 Å². The summed E-state index contributed by atoms with van der Waals surface area (Å²) in [5.41, 5.74) is 3.10. The third kappa shape index (κ3) is 6.01. The van der Waals surface area contributed by atoms with E-state index in [1.165, 1.54) is 11.6 Å². The SMILES string of the molecule is CCCCC1=CC(=O)C(C/C=C(\C)CCC=C(C)C)=C(O)C1=O. The summed E-state index contributed by atoms with van der Waals surface area (Å²) in [4.78, 5) is 24.3. The van der Waals surface area contributed by atoms with Gasteiger partial charge in [-0.05, 0) is 59.0 Å². The molecule has 0 radical (unpaired) electrons. The second kappa shape index (κ2) is 9.29. The molecule has 1 rings (SSSR count). The molecule has 1 N–H and O–H groups in total. The lowest BCUT2D eigenvalue weighted by Gasteiger charge is -2.14. The lowest BCUT2D eigenvalue weighted by Crippen LogP contribution is -2.19. The summed E-state index contributed by atoms with van der Waals surface area (Å²) in [5.74, 6) is -0.984. The fraction of sp³-hybridized carbons (Fsp3) is 0.500. The zero-order chi connectivity index (χ0) is 17.4. The Bertz CT molecular complexity index is 582. The van der Waals surface area contributed by atoms with Crippen LogP contribution in [0.25, 0.3) is 0 Å². The number of hydrogen-bond donors (Lipinski definition) is 1. The van der Waals surface area contributed by atoms with Gasteiger partial charge in [0.2, 0.25) is 5.78 Å². The lowest BCUT2D eigenvalue weighted by atomic mass is 9.90. The van der Waals surface area contributed by atoms with E-state index < -0.39 is 0 Å². The van der Waals surface area contributed by atoms with Gasteiger partial charge in [0.15, 0.2) is 11.5 Å². The summed E-state index contributed by atoms with van der Waals surface area (Å²) in [5, 5.41) is 10.1. The number of carbonyl (C=O) groups excluding carboxylic acids is 2. The number of Topliss-reactive ketones (excluding diaryl/α,β-unsaturated/α-hetero) is 1. The van der Waals surface area contributed by atoms with E-state index in [0.29, 0.717) is 18.4 Å². The summed E-state index contributed by atoms with van der Waals surface area (Å²) in [7, 11) is 0. The number of aliphatic hydroxyl groups is 1. The number of aliphatic hydroxyl groups excluding tert-OH is 1. The van der Waals surface area contributed by atoms with Crippen molar-refractivity contribution in [2.24, 2.45) is 0 Å². The number of carbonyl (C=O) groups is 2. The van der Waals surface area contributed by atoms with E-state index in [9.17, 15) is 14.7 Å². The molecule has 3 nitrogen and oxygen atoms in total. The molecule has 0 saturated heterocycles. The van der Waals surface area contributed by atoms with Crippen LogP contribution in [0.2, 0.25) is 0 Å². The molecule has 0 amide bonds. The molecular formula is C20H28O3. The second-order valence-electron chi connectivity index (χ2n) is 6.37. The van der Waals surface area contributed by atoms with Crippen molar-refractivity contribution in [3.63, 3.8) is 0 Å². The molecule has 0 bridgehead atoms. The van der Waals surface area contributed by atoms with Crippen molar-refractivity contribution in [1.29, 1.82) is 0 Å². The molecular weight excluding hydrogens is 288 g/mol.